The van der Waals surface area contributed by atoms with Crippen molar-refractivity contribution >= 4 is 0 Å². The zero-order valence-corrected chi connectivity index (χ0v) is 13.8. The molecule has 0 aliphatic carbocycles. The van der Waals surface area contributed by atoms with E-state index in [-0.39, 0.29) is 10.8 Å². The van der Waals surface area contributed by atoms with Gasteiger partial charge in [-0.15, -0.1) is 0 Å². The zero-order chi connectivity index (χ0) is 15.0. The normalized spacial score (nSPS) is 15.9. The molecule has 2 nitrogen and oxygen atoms in total. The van der Waals surface area contributed by atoms with Gasteiger partial charge in [0.1, 0.15) is 0 Å². The molecule has 1 aromatic rings. The van der Waals surface area contributed by atoms with Gasteiger partial charge in [0.15, 0.2) is 11.5 Å². The first-order valence-electron chi connectivity index (χ1n) is 7.60. The summed E-state index contributed by atoms with van der Waals surface area (Å²) in [6, 6.07) is 4.47. The zero-order valence-electron chi connectivity index (χ0n) is 13.8. The van der Waals surface area contributed by atoms with Crippen molar-refractivity contribution in [2.75, 3.05) is 13.2 Å². The number of ether oxygens (including phenoxy) is 2. The molecule has 2 rings (SSSR count). The number of hydrogen-bond donors (Lipinski definition) is 0. The lowest BCUT2D eigenvalue weighted by molar-refractivity contribution is 0.294. The first-order chi connectivity index (χ1) is 9.17. The van der Waals surface area contributed by atoms with Gasteiger partial charge in [0.05, 0.1) is 13.2 Å². The molecule has 2 heteroatoms. The van der Waals surface area contributed by atoms with Gasteiger partial charge < -0.3 is 9.47 Å². The molecule has 0 aromatic heterocycles. The Morgan fingerprint density at radius 3 is 2.20 bits per heavy atom. The highest BCUT2D eigenvalue weighted by Gasteiger charge is 2.25. The summed E-state index contributed by atoms with van der Waals surface area (Å²) in [6.07, 6.45) is 2.00. The summed E-state index contributed by atoms with van der Waals surface area (Å²) in [4.78, 5) is 0. The number of hydrogen-bond acceptors (Lipinski definition) is 2. The molecule has 1 aliphatic rings. The van der Waals surface area contributed by atoms with Gasteiger partial charge in [-0.2, -0.15) is 0 Å². The van der Waals surface area contributed by atoms with E-state index in [1.54, 1.807) is 0 Å². The maximum Gasteiger partial charge on any atom is 0.164 e. The molecule has 20 heavy (non-hydrogen) atoms. The molecule has 0 unspecified atom stereocenters. The average Bonchev–Trinajstić information content (AvgIpc) is 2.49. The van der Waals surface area contributed by atoms with Crippen molar-refractivity contribution in [3.8, 4) is 11.5 Å². The standard InChI is InChI=1S/C18H28O2/c1-17(2,3)12-13-10-14(18(4,5)6)16-15(11-13)19-8-7-9-20-16/h10-11H,7-9,12H2,1-6H3. The second kappa shape index (κ2) is 5.31. The fraction of sp³-hybridized carbons (Fsp3) is 0.667. The van der Waals surface area contributed by atoms with Gasteiger partial charge in [0, 0.05) is 12.0 Å². The van der Waals surface area contributed by atoms with Crippen LogP contribution < -0.4 is 9.47 Å². The van der Waals surface area contributed by atoms with Gasteiger partial charge in [-0.25, -0.2) is 0 Å². The van der Waals surface area contributed by atoms with E-state index in [0.717, 1.165) is 37.6 Å². The fourth-order valence-electron chi connectivity index (χ4n) is 2.60. The Hall–Kier alpha value is -1.18. The Kier molecular flexibility index (Phi) is 4.04. The number of fused-ring (bicyclic) bond motifs is 1. The van der Waals surface area contributed by atoms with Crippen LogP contribution in [0.15, 0.2) is 12.1 Å². The highest BCUT2D eigenvalue weighted by atomic mass is 16.5. The Morgan fingerprint density at radius 2 is 1.60 bits per heavy atom. The first-order valence-corrected chi connectivity index (χ1v) is 7.60. The maximum absolute atomic E-state index is 5.97. The van der Waals surface area contributed by atoms with Gasteiger partial charge in [0.25, 0.3) is 0 Å². The summed E-state index contributed by atoms with van der Waals surface area (Å²) < 4.78 is 11.9. The topological polar surface area (TPSA) is 18.5 Å². The molecule has 0 atom stereocenters. The lowest BCUT2D eigenvalue weighted by Gasteiger charge is -2.26. The highest BCUT2D eigenvalue weighted by Crippen LogP contribution is 2.41. The molecule has 1 aliphatic heterocycles. The molecule has 0 amide bonds. The molecule has 0 bridgehead atoms. The summed E-state index contributed by atoms with van der Waals surface area (Å²) in [5, 5.41) is 0. The lowest BCUT2D eigenvalue weighted by Crippen LogP contribution is -2.16. The van der Waals surface area contributed by atoms with Crippen LogP contribution in [0.2, 0.25) is 0 Å². The van der Waals surface area contributed by atoms with Gasteiger partial charge in [-0.3, -0.25) is 0 Å². The fourth-order valence-corrected chi connectivity index (χ4v) is 2.60. The third-order valence-electron chi connectivity index (χ3n) is 3.45. The SMILES string of the molecule is CC(C)(C)Cc1cc2c(c(C(C)(C)C)c1)OCCCO2. The quantitative estimate of drug-likeness (QED) is 0.738. The molecule has 0 spiro atoms. The van der Waals surface area contributed by atoms with Crippen LogP contribution in [0, 0.1) is 5.41 Å². The van der Waals surface area contributed by atoms with E-state index in [2.05, 4.69) is 53.7 Å². The van der Waals surface area contributed by atoms with E-state index >= 15 is 0 Å². The van der Waals surface area contributed by atoms with Crippen LogP contribution in [-0.2, 0) is 11.8 Å². The van der Waals surface area contributed by atoms with Crippen molar-refractivity contribution in [3.63, 3.8) is 0 Å². The van der Waals surface area contributed by atoms with Crippen molar-refractivity contribution in [1.29, 1.82) is 0 Å². The molecule has 1 heterocycles. The van der Waals surface area contributed by atoms with Crippen LogP contribution in [0.4, 0.5) is 0 Å². The Bertz CT molecular complexity index is 475. The van der Waals surface area contributed by atoms with Crippen molar-refractivity contribution in [2.45, 2.75) is 59.8 Å². The van der Waals surface area contributed by atoms with E-state index in [0.29, 0.717) is 0 Å². The molecule has 0 N–H and O–H groups in total. The Morgan fingerprint density at radius 1 is 0.950 bits per heavy atom. The third-order valence-corrected chi connectivity index (χ3v) is 3.45. The maximum atomic E-state index is 5.97. The Balaban J connectivity index is 2.50. The minimum Gasteiger partial charge on any atom is -0.490 e. The molecule has 0 saturated heterocycles. The molecular formula is C18H28O2. The predicted octanol–water partition coefficient (Wildman–Crippen LogP) is 4.73. The molecule has 0 fully saturated rings. The minimum absolute atomic E-state index is 0.0612. The average molecular weight is 276 g/mol. The summed E-state index contributed by atoms with van der Waals surface area (Å²) in [6.45, 7) is 15.0. The van der Waals surface area contributed by atoms with Crippen LogP contribution in [0.5, 0.6) is 11.5 Å². The van der Waals surface area contributed by atoms with Crippen LogP contribution in [0.1, 0.15) is 59.1 Å². The largest absolute Gasteiger partial charge is 0.490 e. The van der Waals surface area contributed by atoms with Crippen LogP contribution in [0.25, 0.3) is 0 Å². The van der Waals surface area contributed by atoms with Crippen molar-refractivity contribution < 1.29 is 9.47 Å². The molecule has 0 saturated carbocycles. The summed E-state index contributed by atoms with van der Waals surface area (Å²) >= 11 is 0. The molecular weight excluding hydrogens is 248 g/mol. The lowest BCUT2D eigenvalue weighted by atomic mass is 9.82. The number of rotatable bonds is 1. The second-order valence-electron chi connectivity index (χ2n) is 8.01. The number of benzene rings is 1. The van der Waals surface area contributed by atoms with Gasteiger partial charge in [-0.05, 0) is 28.9 Å². The van der Waals surface area contributed by atoms with E-state index in [9.17, 15) is 0 Å². The van der Waals surface area contributed by atoms with Crippen molar-refractivity contribution in [1.82, 2.24) is 0 Å². The van der Waals surface area contributed by atoms with Crippen LogP contribution in [-0.4, -0.2) is 13.2 Å². The summed E-state index contributed by atoms with van der Waals surface area (Å²) in [7, 11) is 0. The highest BCUT2D eigenvalue weighted by molar-refractivity contribution is 5.52. The first kappa shape index (κ1) is 15.2. The van der Waals surface area contributed by atoms with Gasteiger partial charge in [0.2, 0.25) is 0 Å². The smallest absolute Gasteiger partial charge is 0.164 e. The third kappa shape index (κ3) is 3.68. The molecule has 112 valence electrons. The second-order valence-corrected chi connectivity index (χ2v) is 8.01. The van der Waals surface area contributed by atoms with E-state index in [4.69, 9.17) is 9.47 Å². The van der Waals surface area contributed by atoms with Gasteiger partial charge >= 0.3 is 0 Å². The monoisotopic (exact) mass is 276 g/mol. The van der Waals surface area contributed by atoms with E-state index in [1.807, 2.05) is 0 Å². The van der Waals surface area contributed by atoms with E-state index in [1.165, 1.54) is 11.1 Å². The minimum atomic E-state index is 0.0612. The van der Waals surface area contributed by atoms with Crippen LogP contribution in [0.3, 0.4) is 0 Å². The Labute approximate surface area is 123 Å². The summed E-state index contributed by atoms with van der Waals surface area (Å²) in [5.74, 6) is 1.88. The van der Waals surface area contributed by atoms with E-state index < -0.39 is 0 Å². The predicted molar refractivity (Wildman–Crippen MR) is 83.9 cm³/mol. The van der Waals surface area contributed by atoms with Crippen molar-refractivity contribution in [2.24, 2.45) is 5.41 Å². The molecule has 0 radical (unpaired) electrons. The van der Waals surface area contributed by atoms with Crippen LogP contribution >= 0.6 is 0 Å². The van der Waals surface area contributed by atoms with Crippen molar-refractivity contribution in [3.05, 3.63) is 23.3 Å². The van der Waals surface area contributed by atoms with Gasteiger partial charge in [-0.1, -0.05) is 47.6 Å². The molecule has 1 aromatic carbocycles. The summed E-state index contributed by atoms with van der Waals surface area (Å²) in [5.41, 5.74) is 2.93.